The number of nitrogens with zero attached hydrogens (tertiary/aromatic N) is 2. The second-order valence-electron chi connectivity index (χ2n) is 4.25. The number of aromatic nitrogens is 2. The summed E-state index contributed by atoms with van der Waals surface area (Å²) in [5.74, 6) is 0. The second-order valence-corrected chi connectivity index (χ2v) is 4.25. The predicted octanol–water partition coefficient (Wildman–Crippen LogP) is 1.47. The average molecular weight is 233 g/mol. The van der Waals surface area contributed by atoms with Crippen LogP contribution in [0, 0.1) is 0 Å². The van der Waals surface area contributed by atoms with Gasteiger partial charge in [-0.05, 0) is 18.6 Å². The van der Waals surface area contributed by atoms with E-state index in [1.54, 1.807) is 6.20 Å². The third-order valence-corrected chi connectivity index (χ3v) is 3.06. The van der Waals surface area contributed by atoms with Crippen molar-refractivity contribution >= 4 is 16.7 Å². The fraction of sp³-hybridized carbons (Fsp3) is 0.333. The maximum atomic E-state index is 13.2. The first kappa shape index (κ1) is 10.3. The van der Waals surface area contributed by atoms with Crippen molar-refractivity contribution in [1.82, 2.24) is 9.97 Å². The molecule has 5 heteroatoms. The Morgan fingerprint density at radius 1 is 1.53 bits per heavy atom. The molecule has 0 unspecified atom stereocenters. The lowest BCUT2D eigenvalue weighted by atomic mass is 10.2. The summed E-state index contributed by atoms with van der Waals surface area (Å²) >= 11 is 0. The van der Waals surface area contributed by atoms with Crippen molar-refractivity contribution in [2.45, 2.75) is 12.6 Å². The van der Waals surface area contributed by atoms with Crippen molar-refractivity contribution in [3.8, 4) is 0 Å². The summed E-state index contributed by atoms with van der Waals surface area (Å²) in [5.41, 5.74) is 1.13. The Morgan fingerprint density at radius 3 is 3.18 bits per heavy atom. The quantitative estimate of drug-likeness (QED) is 0.811. The van der Waals surface area contributed by atoms with Crippen LogP contribution in [-0.4, -0.2) is 29.2 Å². The molecule has 17 heavy (non-hydrogen) atoms. The summed E-state index contributed by atoms with van der Waals surface area (Å²) in [7, 11) is 0. The van der Waals surface area contributed by atoms with Crippen molar-refractivity contribution in [2.24, 2.45) is 0 Å². The molecule has 2 aromatic heterocycles. The third-order valence-electron chi connectivity index (χ3n) is 3.06. The van der Waals surface area contributed by atoms with Crippen LogP contribution >= 0.6 is 0 Å². The van der Waals surface area contributed by atoms with E-state index < -0.39 is 6.17 Å². The maximum Gasteiger partial charge on any atom is 0.251 e. The SMILES string of the molecule is O=c1cc(N2CC[C@H](F)C2)c2cccnc2[nH]1. The van der Waals surface area contributed by atoms with Gasteiger partial charge in [-0.25, -0.2) is 9.37 Å². The van der Waals surface area contributed by atoms with Crippen LogP contribution in [0.3, 0.4) is 0 Å². The summed E-state index contributed by atoms with van der Waals surface area (Å²) in [6.07, 6.45) is 1.35. The van der Waals surface area contributed by atoms with E-state index in [2.05, 4.69) is 9.97 Å². The highest BCUT2D eigenvalue weighted by Gasteiger charge is 2.23. The van der Waals surface area contributed by atoms with Gasteiger partial charge >= 0.3 is 0 Å². The summed E-state index contributed by atoms with van der Waals surface area (Å²) in [6, 6.07) is 5.22. The molecule has 1 N–H and O–H groups in total. The molecule has 0 bridgehead atoms. The number of anilines is 1. The minimum absolute atomic E-state index is 0.200. The molecule has 88 valence electrons. The van der Waals surface area contributed by atoms with E-state index in [0.29, 0.717) is 25.2 Å². The number of pyridine rings is 2. The highest BCUT2D eigenvalue weighted by Crippen LogP contribution is 2.26. The first-order valence-electron chi connectivity index (χ1n) is 5.61. The molecule has 1 aliphatic rings. The largest absolute Gasteiger partial charge is 0.368 e. The number of aromatic amines is 1. The summed E-state index contributed by atoms with van der Waals surface area (Å²) < 4.78 is 13.2. The van der Waals surface area contributed by atoms with Gasteiger partial charge in [-0.15, -0.1) is 0 Å². The van der Waals surface area contributed by atoms with Crippen molar-refractivity contribution in [2.75, 3.05) is 18.0 Å². The summed E-state index contributed by atoms with van der Waals surface area (Å²) in [5, 5.41) is 0.862. The average Bonchev–Trinajstić information content (AvgIpc) is 2.74. The number of rotatable bonds is 1. The third kappa shape index (κ3) is 1.77. The lowest BCUT2D eigenvalue weighted by Gasteiger charge is -2.18. The number of hydrogen-bond acceptors (Lipinski definition) is 3. The Kier molecular flexibility index (Phi) is 2.31. The first-order chi connectivity index (χ1) is 8.24. The minimum atomic E-state index is -0.805. The van der Waals surface area contributed by atoms with Crippen LogP contribution in [0.15, 0.2) is 29.2 Å². The molecule has 0 radical (unpaired) electrons. The highest BCUT2D eigenvalue weighted by molar-refractivity contribution is 5.89. The van der Waals surface area contributed by atoms with E-state index >= 15 is 0 Å². The standard InChI is InChI=1S/C12H12FN3O/c13-8-3-5-16(7-8)10-6-11(17)15-12-9(10)2-1-4-14-12/h1-2,4,6,8H,3,5,7H2,(H,14,15,17)/t8-/m0/s1. The second kappa shape index (κ2) is 3.84. The lowest BCUT2D eigenvalue weighted by Crippen LogP contribution is -2.22. The Balaban J connectivity index is 2.18. The summed E-state index contributed by atoms with van der Waals surface area (Å²) in [4.78, 5) is 20.2. The molecule has 2 aromatic rings. The molecule has 0 amide bonds. The Labute approximate surface area is 97.1 Å². The van der Waals surface area contributed by atoms with Gasteiger partial charge in [-0.1, -0.05) is 0 Å². The predicted molar refractivity (Wildman–Crippen MR) is 64.1 cm³/mol. The zero-order chi connectivity index (χ0) is 11.8. The van der Waals surface area contributed by atoms with Crippen LogP contribution in [-0.2, 0) is 0 Å². The van der Waals surface area contributed by atoms with Crippen molar-refractivity contribution in [3.63, 3.8) is 0 Å². The molecule has 0 saturated carbocycles. The lowest BCUT2D eigenvalue weighted by molar-refractivity contribution is 0.364. The van der Waals surface area contributed by atoms with Crippen LogP contribution in [0.5, 0.6) is 0 Å². The minimum Gasteiger partial charge on any atom is -0.368 e. The maximum absolute atomic E-state index is 13.2. The van der Waals surface area contributed by atoms with Crippen molar-refractivity contribution < 1.29 is 4.39 Å². The van der Waals surface area contributed by atoms with Crippen molar-refractivity contribution in [3.05, 3.63) is 34.7 Å². The Bertz CT molecular complexity index is 610. The molecule has 1 atom stereocenters. The van der Waals surface area contributed by atoms with Crippen LogP contribution < -0.4 is 10.5 Å². The topological polar surface area (TPSA) is 49.0 Å². The van der Waals surface area contributed by atoms with E-state index in [1.807, 2.05) is 17.0 Å². The molecule has 3 rings (SSSR count). The van der Waals surface area contributed by atoms with Gasteiger partial charge < -0.3 is 9.88 Å². The number of H-pyrrole nitrogens is 1. The van der Waals surface area contributed by atoms with E-state index in [1.165, 1.54) is 6.07 Å². The first-order valence-corrected chi connectivity index (χ1v) is 5.61. The molecular formula is C12H12FN3O. The zero-order valence-corrected chi connectivity index (χ0v) is 9.19. The number of alkyl halides is 1. The molecule has 0 aromatic carbocycles. The van der Waals surface area contributed by atoms with Gasteiger partial charge in [0.25, 0.3) is 5.56 Å². The van der Waals surface area contributed by atoms with Gasteiger partial charge in [0.05, 0.1) is 5.69 Å². The molecular weight excluding hydrogens is 221 g/mol. The molecule has 3 heterocycles. The van der Waals surface area contributed by atoms with E-state index in [9.17, 15) is 9.18 Å². The van der Waals surface area contributed by atoms with E-state index in [-0.39, 0.29) is 5.56 Å². The number of nitrogens with one attached hydrogen (secondary N) is 1. The van der Waals surface area contributed by atoms with Gasteiger partial charge in [0.15, 0.2) is 0 Å². The Hall–Kier alpha value is -1.91. The van der Waals surface area contributed by atoms with E-state index in [4.69, 9.17) is 0 Å². The summed E-state index contributed by atoms with van der Waals surface area (Å²) in [6.45, 7) is 1.00. The zero-order valence-electron chi connectivity index (χ0n) is 9.19. The Morgan fingerprint density at radius 2 is 2.41 bits per heavy atom. The van der Waals surface area contributed by atoms with Gasteiger partial charge in [0, 0.05) is 30.7 Å². The fourth-order valence-electron chi connectivity index (χ4n) is 2.26. The number of hydrogen-bond donors (Lipinski definition) is 1. The van der Waals surface area contributed by atoms with Crippen LogP contribution in [0.25, 0.3) is 11.0 Å². The highest BCUT2D eigenvalue weighted by atomic mass is 19.1. The monoisotopic (exact) mass is 233 g/mol. The van der Waals surface area contributed by atoms with Gasteiger partial charge in [0.2, 0.25) is 0 Å². The number of halogens is 1. The van der Waals surface area contributed by atoms with E-state index in [0.717, 1.165) is 11.1 Å². The van der Waals surface area contributed by atoms with Gasteiger partial charge in [0.1, 0.15) is 11.8 Å². The molecule has 1 saturated heterocycles. The van der Waals surface area contributed by atoms with Crippen LogP contribution in [0.1, 0.15) is 6.42 Å². The molecule has 0 aliphatic carbocycles. The van der Waals surface area contributed by atoms with Crippen molar-refractivity contribution in [1.29, 1.82) is 0 Å². The van der Waals surface area contributed by atoms with Gasteiger partial charge in [-0.2, -0.15) is 0 Å². The van der Waals surface area contributed by atoms with Gasteiger partial charge in [-0.3, -0.25) is 4.79 Å². The molecule has 0 spiro atoms. The molecule has 4 nitrogen and oxygen atoms in total. The number of fused-ring (bicyclic) bond motifs is 1. The van der Waals surface area contributed by atoms with Crippen LogP contribution in [0.4, 0.5) is 10.1 Å². The fourth-order valence-corrected chi connectivity index (χ4v) is 2.26. The normalized spacial score (nSPS) is 20.1. The van der Waals surface area contributed by atoms with Crippen LogP contribution in [0.2, 0.25) is 0 Å². The molecule has 1 fully saturated rings. The molecule has 1 aliphatic heterocycles. The smallest absolute Gasteiger partial charge is 0.251 e.